The molecule has 0 aliphatic rings. The maximum Gasteiger partial charge on any atom is 0.263 e. The van der Waals surface area contributed by atoms with Gasteiger partial charge in [0.1, 0.15) is 27.5 Å². The number of hydrogen-bond acceptors (Lipinski definition) is 8. The van der Waals surface area contributed by atoms with Gasteiger partial charge in [0.05, 0.1) is 5.69 Å². The molecule has 0 aromatic carbocycles. The summed E-state index contributed by atoms with van der Waals surface area (Å²) in [6, 6.07) is 0. The van der Waals surface area contributed by atoms with Gasteiger partial charge >= 0.3 is 0 Å². The summed E-state index contributed by atoms with van der Waals surface area (Å²) in [4.78, 5) is 8.25. The van der Waals surface area contributed by atoms with E-state index in [1.54, 1.807) is 11.3 Å². The molecule has 1 N–H and O–H groups in total. The lowest BCUT2D eigenvalue weighted by molar-refractivity contribution is 0.442. The zero-order valence-corrected chi connectivity index (χ0v) is 11.4. The summed E-state index contributed by atoms with van der Waals surface area (Å²) in [6.45, 7) is 4.54. The molecule has 0 radical (unpaired) electrons. The molecular formula is C11H12N6OS. The van der Waals surface area contributed by atoms with E-state index < -0.39 is 0 Å². The highest BCUT2D eigenvalue weighted by molar-refractivity contribution is 7.11. The molecule has 98 valence electrons. The summed E-state index contributed by atoms with van der Waals surface area (Å²) in [5.41, 5.74) is 1.28. The van der Waals surface area contributed by atoms with Crippen LogP contribution in [0.4, 0.5) is 5.82 Å². The minimum Gasteiger partial charge on any atom is -0.369 e. The molecular weight excluding hydrogens is 264 g/mol. The second-order valence-electron chi connectivity index (χ2n) is 4.06. The van der Waals surface area contributed by atoms with Crippen LogP contribution in [0.25, 0.3) is 11.1 Å². The van der Waals surface area contributed by atoms with Gasteiger partial charge in [-0.25, -0.2) is 4.98 Å². The average molecular weight is 276 g/mol. The van der Waals surface area contributed by atoms with Gasteiger partial charge in [0.15, 0.2) is 0 Å². The number of aryl methyl sites for hydroxylation is 2. The quantitative estimate of drug-likeness (QED) is 0.776. The molecule has 0 bridgehead atoms. The number of hydrogen-bond donors (Lipinski definition) is 1. The van der Waals surface area contributed by atoms with E-state index in [9.17, 15) is 0 Å². The van der Waals surface area contributed by atoms with Crippen molar-refractivity contribution >= 4 is 28.3 Å². The van der Waals surface area contributed by atoms with E-state index in [2.05, 4.69) is 30.6 Å². The number of nitrogens with zero attached hydrogens (tertiary/aromatic N) is 5. The number of aromatic nitrogens is 5. The Morgan fingerprint density at radius 2 is 2.16 bits per heavy atom. The average Bonchev–Trinajstić information content (AvgIpc) is 2.97. The molecule has 7 nitrogen and oxygen atoms in total. The third kappa shape index (κ3) is 2.39. The van der Waals surface area contributed by atoms with Crippen LogP contribution in [0.1, 0.15) is 15.7 Å². The minimum absolute atomic E-state index is 0.502. The molecule has 3 rings (SSSR count). The Balaban J connectivity index is 1.73. The van der Waals surface area contributed by atoms with E-state index in [1.807, 2.05) is 13.8 Å². The lowest BCUT2D eigenvalue weighted by atomic mass is 10.3. The molecule has 0 spiro atoms. The van der Waals surface area contributed by atoms with E-state index in [1.165, 1.54) is 6.33 Å². The normalized spacial score (nSPS) is 11.1. The maximum atomic E-state index is 5.10. The Morgan fingerprint density at radius 3 is 2.95 bits per heavy atom. The van der Waals surface area contributed by atoms with Gasteiger partial charge in [0, 0.05) is 13.0 Å². The molecule has 3 aromatic heterocycles. The summed E-state index contributed by atoms with van der Waals surface area (Å²) < 4.78 is 5.10. The van der Waals surface area contributed by atoms with Gasteiger partial charge in [-0.05, 0) is 13.8 Å². The first-order valence-electron chi connectivity index (χ1n) is 5.84. The highest BCUT2D eigenvalue weighted by atomic mass is 32.1. The molecule has 0 aliphatic heterocycles. The monoisotopic (exact) mass is 276 g/mol. The van der Waals surface area contributed by atoms with Crippen molar-refractivity contribution in [3.8, 4) is 0 Å². The lowest BCUT2D eigenvalue weighted by Gasteiger charge is -2.04. The van der Waals surface area contributed by atoms with Crippen molar-refractivity contribution in [2.45, 2.75) is 20.3 Å². The maximum absolute atomic E-state index is 5.10. The zero-order chi connectivity index (χ0) is 13.2. The van der Waals surface area contributed by atoms with Crippen molar-refractivity contribution in [2.24, 2.45) is 0 Å². The summed E-state index contributed by atoms with van der Waals surface area (Å²) >= 11 is 1.61. The van der Waals surface area contributed by atoms with E-state index in [0.29, 0.717) is 5.71 Å². The fraction of sp³-hybridized carbons (Fsp3) is 0.364. The van der Waals surface area contributed by atoms with Crippen LogP contribution in [-0.2, 0) is 6.42 Å². The fourth-order valence-corrected chi connectivity index (χ4v) is 2.49. The number of rotatable bonds is 4. The predicted molar refractivity (Wildman–Crippen MR) is 71.2 cm³/mol. The second kappa shape index (κ2) is 4.88. The van der Waals surface area contributed by atoms with E-state index in [0.717, 1.165) is 39.9 Å². The topological polar surface area (TPSA) is 89.6 Å². The Bertz CT molecular complexity index is 706. The Hall–Kier alpha value is -2.09. The molecule has 0 atom stereocenters. The van der Waals surface area contributed by atoms with Gasteiger partial charge in [-0.15, -0.1) is 21.5 Å². The zero-order valence-electron chi connectivity index (χ0n) is 10.5. The van der Waals surface area contributed by atoms with Crippen molar-refractivity contribution < 1.29 is 4.52 Å². The number of fused-ring (bicyclic) bond motifs is 1. The molecule has 0 amide bonds. The Kier molecular flexibility index (Phi) is 3.08. The molecule has 0 unspecified atom stereocenters. The third-order valence-corrected chi connectivity index (χ3v) is 3.54. The minimum atomic E-state index is 0.502. The van der Waals surface area contributed by atoms with Gasteiger partial charge in [0.2, 0.25) is 0 Å². The molecule has 0 aliphatic carbocycles. The molecule has 3 aromatic rings. The first-order valence-corrected chi connectivity index (χ1v) is 6.65. The van der Waals surface area contributed by atoms with Gasteiger partial charge in [-0.2, -0.15) is 4.98 Å². The Morgan fingerprint density at radius 1 is 1.26 bits per heavy atom. The summed E-state index contributed by atoms with van der Waals surface area (Å²) in [5.74, 6) is 0.741. The van der Waals surface area contributed by atoms with Crippen molar-refractivity contribution in [1.82, 2.24) is 25.3 Å². The summed E-state index contributed by atoms with van der Waals surface area (Å²) in [7, 11) is 0. The van der Waals surface area contributed by atoms with Crippen LogP contribution in [0.2, 0.25) is 0 Å². The number of nitrogens with one attached hydrogen (secondary N) is 1. The second-order valence-corrected chi connectivity index (χ2v) is 5.33. The SMILES string of the molecule is Cc1nnc(CCNc2ncnc3onc(C)c23)s1. The molecule has 8 heteroatoms. The van der Waals surface area contributed by atoms with Crippen LogP contribution in [0.15, 0.2) is 10.9 Å². The lowest BCUT2D eigenvalue weighted by Crippen LogP contribution is -2.07. The van der Waals surface area contributed by atoms with Crippen molar-refractivity contribution in [1.29, 1.82) is 0 Å². The molecule has 0 saturated carbocycles. The first-order chi connectivity index (χ1) is 9.24. The van der Waals surface area contributed by atoms with Crippen molar-refractivity contribution in [3.05, 3.63) is 22.0 Å². The van der Waals surface area contributed by atoms with E-state index in [-0.39, 0.29) is 0 Å². The summed E-state index contributed by atoms with van der Waals surface area (Å²) in [6.07, 6.45) is 2.27. The third-order valence-electron chi connectivity index (χ3n) is 2.64. The van der Waals surface area contributed by atoms with Crippen LogP contribution in [-0.4, -0.2) is 31.9 Å². The largest absolute Gasteiger partial charge is 0.369 e. The Labute approximate surface area is 113 Å². The molecule has 19 heavy (non-hydrogen) atoms. The molecule has 0 saturated heterocycles. The van der Waals surface area contributed by atoms with Gasteiger partial charge in [-0.3, -0.25) is 0 Å². The first kappa shape index (κ1) is 12.0. The van der Waals surface area contributed by atoms with Crippen LogP contribution in [0.5, 0.6) is 0 Å². The summed E-state index contributed by atoms with van der Waals surface area (Å²) in [5, 5.41) is 18.0. The smallest absolute Gasteiger partial charge is 0.263 e. The van der Waals surface area contributed by atoms with E-state index in [4.69, 9.17) is 4.52 Å². The van der Waals surface area contributed by atoms with Crippen LogP contribution in [0.3, 0.4) is 0 Å². The van der Waals surface area contributed by atoms with Gasteiger partial charge in [-0.1, -0.05) is 5.16 Å². The fourth-order valence-electron chi connectivity index (χ4n) is 1.78. The molecule has 3 heterocycles. The number of anilines is 1. The van der Waals surface area contributed by atoms with Crippen LogP contribution in [0, 0.1) is 13.8 Å². The standard InChI is InChI=1S/C11H12N6OS/c1-6-9-10(13-5-14-11(9)18-17-6)12-4-3-8-16-15-7(2)19-8/h5H,3-4H2,1-2H3,(H,12,13,14). The molecule has 0 fully saturated rings. The van der Waals surface area contributed by atoms with Gasteiger partial charge in [0.25, 0.3) is 5.71 Å². The predicted octanol–water partition coefficient (Wildman–Crippen LogP) is 1.74. The highest BCUT2D eigenvalue weighted by Crippen LogP contribution is 2.22. The van der Waals surface area contributed by atoms with Crippen molar-refractivity contribution in [2.75, 3.05) is 11.9 Å². The van der Waals surface area contributed by atoms with E-state index >= 15 is 0 Å². The van der Waals surface area contributed by atoms with Crippen molar-refractivity contribution in [3.63, 3.8) is 0 Å². The van der Waals surface area contributed by atoms with Crippen LogP contribution >= 0.6 is 11.3 Å². The van der Waals surface area contributed by atoms with Crippen LogP contribution < -0.4 is 5.32 Å². The highest BCUT2D eigenvalue weighted by Gasteiger charge is 2.11. The van der Waals surface area contributed by atoms with Gasteiger partial charge < -0.3 is 9.84 Å².